The summed E-state index contributed by atoms with van der Waals surface area (Å²) < 4.78 is 24.5. The molecule has 3 nitrogen and oxygen atoms in total. The fourth-order valence-corrected chi connectivity index (χ4v) is 2.51. The van der Waals surface area contributed by atoms with Gasteiger partial charge in [-0.25, -0.2) is 9.18 Å². The van der Waals surface area contributed by atoms with Crippen molar-refractivity contribution in [3.63, 3.8) is 0 Å². The van der Waals surface area contributed by atoms with Crippen LogP contribution in [0, 0.1) is 19.7 Å². The smallest absolute Gasteiger partial charge is 0.338 e. The molecule has 0 unspecified atom stereocenters. The van der Waals surface area contributed by atoms with Gasteiger partial charge in [0.1, 0.15) is 17.3 Å². The van der Waals surface area contributed by atoms with Crippen LogP contribution < -0.4 is 4.74 Å². The lowest BCUT2D eigenvalue weighted by molar-refractivity contribution is 0.0600. The molecule has 0 bridgehead atoms. The minimum atomic E-state index is -0.450. The number of methoxy groups -OCH3 is 1. The van der Waals surface area contributed by atoms with Crippen LogP contribution in [0.1, 0.15) is 21.5 Å². The molecule has 0 atom stereocenters. The molecule has 21 heavy (non-hydrogen) atoms. The molecule has 2 rings (SSSR count). The third-order valence-electron chi connectivity index (χ3n) is 2.94. The summed E-state index contributed by atoms with van der Waals surface area (Å²) >= 11 is 3.32. The molecule has 0 aliphatic carbocycles. The molecular formula is C16H14BrFO3. The molecule has 0 fully saturated rings. The van der Waals surface area contributed by atoms with Gasteiger partial charge in [-0.2, -0.15) is 0 Å². The van der Waals surface area contributed by atoms with Gasteiger partial charge in [-0.1, -0.05) is 15.9 Å². The summed E-state index contributed by atoms with van der Waals surface area (Å²) in [6, 6.07) is 7.76. The van der Waals surface area contributed by atoms with E-state index in [2.05, 4.69) is 15.9 Å². The molecule has 0 amide bonds. The number of carbonyl (C=O) groups is 1. The minimum absolute atomic E-state index is 0.304. The molecule has 0 radical (unpaired) electrons. The van der Waals surface area contributed by atoms with Crippen LogP contribution in [0.5, 0.6) is 11.5 Å². The van der Waals surface area contributed by atoms with Gasteiger partial charge in [-0.3, -0.25) is 0 Å². The van der Waals surface area contributed by atoms with Gasteiger partial charge in [0.2, 0.25) is 0 Å². The molecular weight excluding hydrogens is 339 g/mol. The first kappa shape index (κ1) is 15.5. The van der Waals surface area contributed by atoms with Crippen molar-refractivity contribution in [3.8, 4) is 11.5 Å². The Morgan fingerprint density at radius 2 is 1.71 bits per heavy atom. The van der Waals surface area contributed by atoms with Crippen LogP contribution >= 0.6 is 15.9 Å². The Balaban J connectivity index is 2.40. The predicted molar refractivity (Wildman–Crippen MR) is 81.4 cm³/mol. The van der Waals surface area contributed by atoms with Gasteiger partial charge in [-0.15, -0.1) is 0 Å². The SMILES string of the molecule is COC(=O)c1cc(Br)cc(Oc2c(C)cc(F)cc2C)c1. The molecule has 0 saturated carbocycles. The molecule has 110 valence electrons. The highest BCUT2D eigenvalue weighted by molar-refractivity contribution is 9.10. The van der Waals surface area contributed by atoms with Gasteiger partial charge in [0.15, 0.2) is 0 Å². The summed E-state index contributed by atoms with van der Waals surface area (Å²) in [5.74, 6) is 0.295. The normalized spacial score (nSPS) is 10.3. The Hall–Kier alpha value is -1.88. The zero-order valence-corrected chi connectivity index (χ0v) is 13.5. The van der Waals surface area contributed by atoms with Crippen LogP contribution in [-0.4, -0.2) is 13.1 Å². The largest absolute Gasteiger partial charge is 0.465 e. The second-order valence-corrected chi connectivity index (χ2v) is 5.55. The van der Waals surface area contributed by atoms with Crippen LogP contribution in [-0.2, 0) is 4.74 Å². The maximum absolute atomic E-state index is 13.3. The maximum atomic E-state index is 13.3. The van der Waals surface area contributed by atoms with Crippen molar-refractivity contribution in [1.82, 2.24) is 0 Å². The first-order chi connectivity index (χ1) is 9.90. The zero-order valence-electron chi connectivity index (χ0n) is 11.9. The fraction of sp³-hybridized carbons (Fsp3) is 0.188. The molecule has 0 spiro atoms. The lowest BCUT2D eigenvalue weighted by Crippen LogP contribution is -2.01. The van der Waals surface area contributed by atoms with Gasteiger partial charge in [0.25, 0.3) is 0 Å². The van der Waals surface area contributed by atoms with Crippen LogP contribution in [0.4, 0.5) is 4.39 Å². The quantitative estimate of drug-likeness (QED) is 0.745. The first-order valence-electron chi connectivity index (χ1n) is 6.24. The lowest BCUT2D eigenvalue weighted by atomic mass is 10.1. The van der Waals surface area contributed by atoms with Crippen molar-refractivity contribution in [2.24, 2.45) is 0 Å². The van der Waals surface area contributed by atoms with Gasteiger partial charge in [0.05, 0.1) is 12.7 Å². The number of hydrogen-bond donors (Lipinski definition) is 0. The number of hydrogen-bond acceptors (Lipinski definition) is 3. The Morgan fingerprint density at radius 3 is 2.29 bits per heavy atom. The predicted octanol–water partition coefficient (Wildman–Crippen LogP) is 4.78. The summed E-state index contributed by atoms with van der Waals surface area (Å²) in [7, 11) is 1.32. The van der Waals surface area contributed by atoms with E-state index in [-0.39, 0.29) is 5.82 Å². The average molecular weight is 353 g/mol. The van der Waals surface area contributed by atoms with E-state index in [1.807, 2.05) is 0 Å². The standard InChI is InChI=1S/C16H14BrFO3/c1-9-4-13(18)5-10(2)15(9)21-14-7-11(16(19)20-3)6-12(17)8-14/h4-8H,1-3H3. The monoisotopic (exact) mass is 352 g/mol. The second kappa shape index (κ2) is 6.26. The molecule has 5 heteroatoms. The molecule has 0 aromatic heterocycles. The van der Waals surface area contributed by atoms with E-state index in [9.17, 15) is 9.18 Å². The van der Waals surface area contributed by atoms with Crippen LogP contribution in [0.25, 0.3) is 0 Å². The highest BCUT2D eigenvalue weighted by atomic mass is 79.9. The van der Waals surface area contributed by atoms with E-state index in [4.69, 9.17) is 9.47 Å². The summed E-state index contributed by atoms with van der Waals surface area (Å²) in [6.45, 7) is 3.54. The molecule has 2 aromatic rings. The van der Waals surface area contributed by atoms with Gasteiger partial charge < -0.3 is 9.47 Å². The number of benzene rings is 2. The Bertz CT molecular complexity index is 675. The third-order valence-corrected chi connectivity index (χ3v) is 3.40. The van der Waals surface area contributed by atoms with Gasteiger partial charge >= 0.3 is 5.97 Å². The fourth-order valence-electron chi connectivity index (χ4n) is 2.03. The van der Waals surface area contributed by atoms with E-state index in [0.29, 0.717) is 32.7 Å². The number of ether oxygens (including phenoxy) is 2. The molecule has 0 heterocycles. The lowest BCUT2D eigenvalue weighted by Gasteiger charge is -2.13. The topological polar surface area (TPSA) is 35.5 Å². The number of esters is 1. The van der Waals surface area contributed by atoms with Crippen molar-refractivity contribution >= 4 is 21.9 Å². The molecule has 0 aliphatic rings. The van der Waals surface area contributed by atoms with E-state index in [1.165, 1.54) is 19.2 Å². The van der Waals surface area contributed by atoms with Crippen LogP contribution in [0.2, 0.25) is 0 Å². The maximum Gasteiger partial charge on any atom is 0.338 e. The minimum Gasteiger partial charge on any atom is -0.465 e. The van der Waals surface area contributed by atoms with Crippen molar-refractivity contribution in [2.75, 3.05) is 7.11 Å². The van der Waals surface area contributed by atoms with Crippen molar-refractivity contribution < 1.29 is 18.7 Å². The van der Waals surface area contributed by atoms with Crippen molar-refractivity contribution in [3.05, 3.63) is 57.3 Å². The third kappa shape index (κ3) is 3.61. The Labute approximate surface area is 130 Å². The average Bonchev–Trinajstić information content (AvgIpc) is 2.41. The summed E-state index contributed by atoms with van der Waals surface area (Å²) in [5, 5.41) is 0. The van der Waals surface area contributed by atoms with E-state index >= 15 is 0 Å². The highest BCUT2D eigenvalue weighted by Crippen LogP contribution is 2.31. The van der Waals surface area contributed by atoms with Crippen molar-refractivity contribution in [2.45, 2.75) is 13.8 Å². The molecule has 0 N–H and O–H groups in total. The molecule has 2 aromatic carbocycles. The number of carbonyl (C=O) groups excluding carboxylic acids is 1. The number of aryl methyl sites for hydroxylation is 2. The number of halogens is 2. The van der Waals surface area contributed by atoms with Gasteiger partial charge in [0, 0.05) is 4.47 Å². The summed E-state index contributed by atoms with van der Waals surface area (Å²) in [6.07, 6.45) is 0. The van der Waals surface area contributed by atoms with E-state index < -0.39 is 5.97 Å². The van der Waals surface area contributed by atoms with E-state index in [0.717, 1.165) is 0 Å². The highest BCUT2D eigenvalue weighted by Gasteiger charge is 2.12. The van der Waals surface area contributed by atoms with Crippen LogP contribution in [0.15, 0.2) is 34.8 Å². The zero-order chi connectivity index (χ0) is 15.6. The molecule has 0 saturated heterocycles. The number of rotatable bonds is 3. The molecule has 0 aliphatic heterocycles. The summed E-state index contributed by atoms with van der Waals surface area (Å²) in [4.78, 5) is 11.6. The van der Waals surface area contributed by atoms with Crippen LogP contribution in [0.3, 0.4) is 0 Å². The second-order valence-electron chi connectivity index (χ2n) is 4.64. The Morgan fingerprint density at radius 1 is 1.10 bits per heavy atom. The summed E-state index contributed by atoms with van der Waals surface area (Å²) in [5.41, 5.74) is 1.75. The first-order valence-corrected chi connectivity index (χ1v) is 7.03. The van der Waals surface area contributed by atoms with Gasteiger partial charge in [-0.05, 0) is 55.3 Å². The van der Waals surface area contributed by atoms with E-state index in [1.54, 1.807) is 32.0 Å². The Kier molecular flexibility index (Phi) is 4.63. The van der Waals surface area contributed by atoms with Crippen molar-refractivity contribution in [1.29, 1.82) is 0 Å².